The van der Waals surface area contributed by atoms with Crippen molar-refractivity contribution in [2.24, 2.45) is 5.73 Å². The fraction of sp³-hybridized carbons (Fsp3) is 0.429. The largest absolute Gasteiger partial charge is 0.452 e. The van der Waals surface area contributed by atoms with Crippen molar-refractivity contribution in [3.05, 3.63) is 0 Å². The molecule has 0 aliphatic heterocycles. The Balaban J connectivity index is 3.39. The average molecular weight is 155 g/mol. The van der Waals surface area contributed by atoms with Crippen molar-refractivity contribution < 1.29 is 14.3 Å². The van der Waals surface area contributed by atoms with E-state index in [1.807, 2.05) is 0 Å². The number of nitrogens with two attached hydrogens (primary N) is 1. The number of hydrogen-bond acceptors (Lipinski definition) is 3. The average Bonchev–Trinajstić information content (AvgIpc) is 1.97. The Morgan fingerprint density at radius 2 is 2.09 bits per heavy atom. The van der Waals surface area contributed by atoms with Crippen molar-refractivity contribution in [3.63, 3.8) is 0 Å². The molecule has 0 spiro atoms. The number of rotatable bonds is 4. The second-order valence-electron chi connectivity index (χ2n) is 1.83. The van der Waals surface area contributed by atoms with Crippen LogP contribution >= 0.6 is 0 Å². The Morgan fingerprint density at radius 3 is 2.55 bits per heavy atom. The summed E-state index contributed by atoms with van der Waals surface area (Å²) in [5, 5.41) is 0. The topological polar surface area (TPSA) is 69.4 Å². The number of hydrogen-bond donors (Lipinski definition) is 1. The van der Waals surface area contributed by atoms with Gasteiger partial charge in [-0.05, 0) is 0 Å². The van der Waals surface area contributed by atoms with Crippen LogP contribution < -0.4 is 5.73 Å². The Hall–Kier alpha value is -1.50. The van der Waals surface area contributed by atoms with E-state index in [1.165, 1.54) is 0 Å². The number of primary amides is 1. The van der Waals surface area contributed by atoms with Crippen molar-refractivity contribution in [1.29, 1.82) is 0 Å². The van der Waals surface area contributed by atoms with Crippen LogP contribution in [0, 0.1) is 12.3 Å². The molecule has 11 heavy (non-hydrogen) atoms. The van der Waals surface area contributed by atoms with Gasteiger partial charge in [0.2, 0.25) is 5.91 Å². The van der Waals surface area contributed by atoms with Crippen LogP contribution in [0.15, 0.2) is 0 Å². The summed E-state index contributed by atoms with van der Waals surface area (Å²) in [4.78, 5) is 20.7. The van der Waals surface area contributed by atoms with Gasteiger partial charge in [0.15, 0.2) is 6.61 Å². The molecular weight excluding hydrogens is 146 g/mol. The van der Waals surface area contributed by atoms with Gasteiger partial charge in [-0.3, -0.25) is 9.59 Å². The van der Waals surface area contributed by atoms with E-state index < -0.39 is 11.9 Å². The highest BCUT2D eigenvalue weighted by molar-refractivity contribution is 5.79. The van der Waals surface area contributed by atoms with E-state index in [-0.39, 0.29) is 19.4 Å². The molecule has 2 N–H and O–H groups in total. The first-order valence-corrected chi connectivity index (χ1v) is 3.04. The SMILES string of the molecule is C#CCOC(=O)CCC(N)=O. The highest BCUT2D eigenvalue weighted by Gasteiger charge is 2.03. The van der Waals surface area contributed by atoms with Gasteiger partial charge in [-0.1, -0.05) is 5.92 Å². The van der Waals surface area contributed by atoms with Crippen molar-refractivity contribution >= 4 is 11.9 Å². The van der Waals surface area contributed by atoms with Crippen LogP contribution in [-0.4, -0.2) is 18.5 Å². The monoisotopic (exact) mass is 155 g/mol. The van der Waals surface area contributed by atoms with E-state index in [1.54, 1.807) is 0 Å². The zero-order valence-electron chi connectivity index (χ0n) is 6.00. The normalized spacial score (nSPS) is 8.27. The molecule has 1 amide bonds. The molecule has 0 radical (unpaired) electrons. The molecule has 0 aliphatic carbocycles. The Morgan fingerprint density at radius 1 is 1.45 bits per heavy atom. The molecule has 0 saturated heterocycles. The highest BCUT2D eigenvalue weighted by atomic mass is 16.5. The van der Waals surface area contributed by atoms with E-state index in [0.29, 0.717) is 0 Å². The van der Waals surface area contributed by atoms with E-state index in [9.17, 15) is 9.59 Å². The summed E-state index contributed by atoms with van der Waals surface area (Å²) in [5.41, 5.74) is 4.78. The minimum atomic E-state index is -0.525. The van der Waals surface area contributed by atoms with Crippen LogP contribution in [0.2, 0.25) is 0 Å². The Bertz CT molecular complexity index is 192. The Labute approximate surface area is 64.7 Å². The molecule has 4 heteroatoms. The number of carbonyl (C=O) groups is 2. The van der Waals surface area contributed by atoms with E-state index in [0.717, 1.165) is 0 Å². The number of ether oxygens (including phenoxy) is 1. The molecule has 0 fully saturated rings. The van der Waals surface area contributed by atoms with Gasteiger partial charge in [-0.15, -0.1) is 6.42 Å². The maximum atomic E-state index is 10.6. The minimum Gasteiger partial charge on any atom is -0.452 e. The molecule has 0 atom stereocenters. The molecule has 0 saturated carbocycles. The van der Waals surface area contributed by atoms with Gasteiger partial charge in [0.25, 0.3) is 0 Å². The van der Waals surface area contributed by atoms with E-state index in [4.69, 9.17) is 12.2 Å². The van der Waals surface area contributed by atoms with Gasteiger partial charge in [0.05, 0.1) is 6.42 Å². The first-order chi connectivity index (χ1) is 5.16. The molecule has 0 rings (SSSR count). The summed E-state index contributed by atoms with van der Waals surface area (Å²) in [5.74, 6) is 1.10. The predicted octanol–water partition coefficient (Wildman–Crippen LogP) is -0.572. The third kappa shape index (κ3) is 6.38. The summed E-state index contributed by atoms with van der Waals surface area (Å²) in [6.45, 7) is -0.0579. The summed E-state index contributed by atoms with van der Waals surface area (Å²) in [6, 6.07) is 0. The van der Waals surface area contributed by atoms with Gasteiger partial charge in [0, 0.05) is 6.42 Å². The lowest BCUT2D eigenvalue weighted by Crippen LogP contribution is -2.14. The van der Waals surface area contributed by atoms with Gasteiger partial charge in [0.1, 0.15) is 0 Å². The lowest BCUT2D eigenvalue weighted by Gasteiger charge is -1.97. The summed E-state index contributed by atoms with van der Waals surface area (Å²) in [7, 11) is 0. The van der Waals surface area contributed by atoms with Crippen molar-refractivity contribution in [3.8, 4) is 12.3 Å². The summed E-state index contributed by atoms with van der Waals surface area (Å²) in [6.07, 6.45) is 4.81. The predicted molar refractivity (Wildman–Crippen MR) is 38.2 cm³/mol. The molecule has 0 aromatic rings. The third-order valence-electron chi connectivity index (χ3n) is 0.892. The number of terminal acetylenes is 1. The lowest BCUT2D eigenvalue weighted by atomic mass is 10.3. The van der Waals surface area contributed by atoms with Gasteiger partial charge >= 0.3 is 5.97 Å². The molecule has 0 aliphatic rings. The standard InChI is InChI=1S/C7H9NO3/c1-2-5-11-7(10)4-3-6(8)9/h1H,3-5H2,(H2,8,9). The lowest BCUT2D eigenvalue weighted by molar-refractivity contribution is -0.143. The van der Waals surface area contributed by atoms with Gasteiger partial charge in [-0.25, -0.2) is 0 Å². The molecule has 0 aromatic carbocycles. The molecule has 0 heterocycles. The molecule has 0 bridgehead atoms. The van der Waals surface area contributed by atoms with Crippen molar-refractivity contribution in [1.82, 2.24) is 0 Å². The van der Waals surface area contributed by atoms with Gasteiger partial charge < -0.3 is 10.5 Å². The number of carbonyl (C=O) groups excluding carboxylic acids is 2. The van der Waals surface area contributed by atoms with Crippen LogP contribution in [0.1, 0.15) is 12.8 Å². The fourth-order valence-electron chi connectivity index (χ4n) is 0.420. The van der Waals surface area contributed by atoms with Gasteiger partial charge in [-0.2, -0.15) is 0 Å². The quantitative estimate of drug-likeness (QED) is 0.436. The van der Waals surface area contributed by atoms with E-state index >= 15 is 0 Å². The zero-order valence-corrected chi connectivity index (χ0v) is 6.00. The number of esters is 1. The minimum absolute atomic E-state index is 0.00296. The van der Waals surface area contributed by atoms with Crippen LogP contribution in [0.25, 0.3) is 0 Å². The highest BCUT2D eigenvalue weighted by Crippen LogP contribution is 1.90. The van der Waals surface area contributed by atoms with Crippen molar-refractivity contribution in [2.45, 2.75) is 12.8 Å². The maximum absolute atomic E-state index is 10.6. The van der Waals surface area contributed by atoms with Crippen LogP contribution in [0.3, 0.4) is 0 Å². The van der Waals surface area contributed by atoms with Crippen LogP contribution in [0.4, 0.5) is 0 Å². The molecule has 60 valence electrons. The zero-order chi connectivity index (χ0) is 8.69. The number of amides is 1. The molecule has 0 unspecified atom stereocenters. The smallest absolute Gasteiger partial charge is 0.307 e. The second-order valence-corrected chi connectivity index (χ2v) is 1.83. The first kappa shape index (κ1) is 9.50. The first-order valence-electron chi connectivity index (χ1n) is 3.04. The molecule has 0 aromatic heterocycles. The fourth-order valence-corrected chi connectivity index (χ4v) is 0.420. The molecule has 4 nitrogen and oxygen atoms in total. The second kappa shape index (κ2) is 5.30. The Kier molecular flexibility index (Phi) is 4.58. The maximum Gasteiger partial charge on any atom is 0.307 e. The van der Waals surface area contributed by atoms with Crippen LogP contribution in [0.5, 0.6) is 0 Å². The third-order valence-corrected chi connectivity index (χ3v) is 0.892. The van der Waals surface area contributed by atoms with Crippen LogP contribution in [-0.2, 0) is 14.3 Å². The van der Waals surface area contributed by atoms with Crippen molar-refractivity contribution in [2.75, 3.05) is 6.61 Å². The summed E-state index contributed by atoms with van der Waals surface area (Å²) >= 11 is 0. The summed E-state index contributed by atoms with van der Waals surface area (Å²) < 4.78 is 4.46. The molecular formula is C7H9NO3. The van der Waals surface area contributed by atoms with E-state index in [2.05, 4.69) is 10.7 Å².